The molecule has 0 saturated heterocycles. The van der Waals surface area contributed by atoms with Gasteiger partial charge in [0.2, 0.25) is 0 Å². The Labute approximate surface area is 159 Å². The van der Waals surface area contributed by atoms with Crippen molar-refractivity contribution < 1.29 is 4.79 Å². The molecular weight excluding hydrogens is 338 g/mol. The van der Waals surface area contributed by atoms with Crippen molar-refractivity contribution in [2.75, 3.05) is 0 Å². The molecule has 6 heteroatoms. The van der Waals surface area contributed by atoms with Gasteiger partial charge in [0.15, 0.2) is 0 Å². The Kier molecular flexibility index (Phi) is 4.64. The molecule has 1 aliphatic carbocycles. The largest absolute Gasteiger partial charge is 0.342 e. The van der Waals surface area contributed by atoms with Crippen molar-refractivity contribution in [3.05, 3.63) is 53.2 Å². The maximum atomic E-state index is 13.3. The Bertz CT molecular complexity index is 989. The Morgan fingerprint density at radius 2 is 2.11 bits per heavy atom. The van der Waals surface area contributed by atoms with Crippen LogP contribution in [0.25, 0.3) is 10.9 Å². The van der Waals surface area contributed by atoms with E-state index < -0.39 is 0 Å². The number of rotatable bonds is 6. The highest BCUT2D eigenvalue weighted by Gasteiger charge is 2.36. The van der Waals surface area contributed by atoms with Gasteiger partial charge in [0.1, 0.15) is 12.2 Å². The molecule has 1 N–H and O–H groups in total. The van der Waals surface area contributed by atoms with Gasteiger partial charge >= 0.3 is 0 Å². The molecule has 6 nitrogen and oxygen atoms in total. The zero-order chi connectivity index (χ0) is 19.0. The molecule has 1 aliphatic rings. The summed E-state index contributed by atoms with van der Waals surface area (Å²) in [5.41, 5.74) is 3.58. The van der Waals surface area contributed by atoms with E-state index in [0.717, 1.165) is 48.2 Å². The number of hydrogen-bond donors (Lipinski definition) is 1. The summed E-state index contributed by atoms with van der Waals surface area (Å²) in [5, 5.41) is 8.42. The first-order valence-corrected chi connectivity index (χ1v) is 9.69. The Balaban J connectivity index is 1.71. The van der Waals surface area contributed by atoms with Crippen LogP contribution in [0.3, 0.4) is 0 Å². The number of hydrogen-bond acceptors (Lipinski definition) is 4. The van der Waals surface area contributed by atoms with Gasteiger partial charge in [0, 0.05) is 17.6 Å². The van der Waals surface area contributed by atoms with Crippen LogP contribution in [0.4, 0.5) is 0 Å². The normalized spacial score (nSPS) is 15.1. The van der Waals surface area contributed by atoms with Gasteiger partial charge in [-0.25, -0.2) is 9.67 Å². The van der Waals surface area contributed by atoms with E-state index in [1.54, 1.807) is 6.33 Å². The second-order valence-electron chi connectivity index (χ2n) is 7.24. The molecule has 1 unspecified atom stereocenters. The van der Waals surface area contributed by atoms with Gasteiger partial charge in [-0.05, 0) is 62.8 Å². The first-order chi connectivity index (χ1) is 13.1. The Morgan fingerprint density at radius 1 is 1.30 bits per heavy atom. The van der Waals surface area contributed by atoms with Gasteiger partial charge in [-0.2, -0.15) is 5.10 Å². The van der Waals surface area contributed by atoms with E-state index in [1.807, 2.05) is 30.7 Å². The molecule has 3 aromatic rings. The highest BCUT2D eigenvalue weighted by atomic mass is 16.1. The summed E-state index contributed by atoms with van der Waals surface area (Å²) in [6.45, 7) is 6.82. The first-order valence-electron chi connectivity index (χ1n) is 9.69. The molecule has 1 aromatic carbocycles. The van der Waals surface area contributed by atoms with E-state index in [1.165, 1.54) is 5.56 Å². The molecule has 0 aliphatic heterocycles. The van der Waals surface area contributed by atoms with Crippen LogP contribution in [-0.2, 0) is 13.0 Å². The number of carbonyl (C=O) groups excluding carboxylic acids is 1. The van der Waals surface area contributed by atoms with Crippen molar-refractivity contribution in [1.29, 1.82) is 0 Å². The van der Waals surface area contributed by atoms with Gasteiger partial charge in [0.05, 0.1) is 17.1 Å². The fourth-order valence-electron chi connectivity index (χ4n) is 3.61. The minimum absolute atomic E-state index is 0.0682. The summed E-state index contributed by atoms with van der Waals surface area (Å²) in [6.07, 6.45) is 4.71. The number of nitrogens with one attached hydrogen (secondary N) is 1. The summed E-state index contributed by atoms with van der Waals surface area (Å²) in [5.74, 6) is 1.21. The van der Waals surface area contributed by atoms with Crippen molar-refractivity contribution >= 4 is 16.8 Å². The lowest BCUT2D eigenvalue weighted by Gasteiger charge is -2.19. The lowest BCUT2D eigenvalue weighted by atomic mass is 10.0. The number of amides is 1. The van der Waals surface area contributed by atoms with Gasteiger partial charge in [-0.1, -0.05) is 13.0 Å². The van der Waals surface area contributed by atoms with Crippen LogP contribution in [0.1, 0.15) is 60.2 Å². The third-order valence-electron chi connectivity index (χ3n) is 5.26. The van der Waals surface area contributed by atoms with Crippen LogP contribution in [0.2, 0.25) is 0 Å². The van der Waals surface area contributed by atoms with E-state index in [0.29, 0.717) is 11.5 Å². The lowest BCUT2D eigenvalue weighted by molar-refractivity contribution is 0.0930. The minimum atomic E-state index is -0.0992. The second-order valence-corrected chi connectivity index (χ2v) is 7.24. The van der Waals surface area contributed by atoms with E-state index in [9.17, 15) is 4.79 Å². The van der Waals surface area contributed by atoms with E-state index in [4.69, 9.17) is 0 Å². The van der Waals surface area contributed by atoms with Crippen LogP contribution in [0.15, 0.2) is 30.6 Å². The standard InChI is InChI=1S/C21H25N5O/c1-4-14-6-9-18-16(11-14)17(10-13(3)24-18)21(27)25-19(15-7-8-15)20-22-12-23-26(20)5-2/h6,9-12,15,19H,4-5,7-8H2,1-3H3,(H,25,27). The monoisotopic (exact) mass is 363 g/mol. The van der Waals surface area contributed by atoms with Crippen LogP contribution in [-0.4, -0.2) is 25.7 Å². The maximum Gasteiger partial charge on any atom is 0.252 e. The average molecular weight is 363 g/mol. The molecule has 27 heavy (non-hydrogen) atoms. The summed E-state index contributed by atoms with van der Waals surface area (Å²) < 4.78 is 1.87. The van der Waals surface area contributed by atoms with Gasteiger partial charge in [-0.3, -0.25) is 9.78 Å². The van der Waals surface area contributed by atoms with Crippen molar-refractivity contribution in [3.8, 4) is 0 Å². The molecule has 0 spiro atoms. The molecule has 0 radical (unpaired) electrons. The third kappa shape index (κ3) is 3.44. The number of nitrogens with zero attached hydrogens (tertiary/aromatic N) is 4. The van der Waals surface area contributed by atoms with Crippen molar-refractivity contribution in [1.82, 2.24) is 25.1 Å². The number of carbonyl (C=O) groups is 1. The summed E-state index contributed by atoms with van der Waals surface area (Å²) >= 11 is 0. The molecule has 0 bridgehead atoms. The van der Waals surface area contributed by atoms with Crippen LogP contribution >= 0.6 is 0 Å². The predicted molar refractivity (Wildman–Crippen MR) is 104 cm³/mol. The van der Waals surface area contributed by atoms with Crippen LogP contribution < -0.4 is 5.32 Å². The van der Waals surface area contributed by atoms with Gasteiger partial charge in [0.25, 0.3) is 5.91 Å². The molecule has 2 aromatic heterocycles. The molecular formula is C21H25N5O. The quantitative estimate of drug-likeness (QED) is 0.726. The smallest absolute Gasteiger partial charge is 0.252 e. The molecule has 140 valence electrons. The second kappa shape index (κ2) is 7.10. The topological polar surface area (TPSA) is 72.7 Å². The third-order valence-corrected chi connectivity index (χ3v) is 5.26. The highest BCUT2D eigenvalue weighted by molar-refractivity contribution is 6.06. The van der Waals surface area contributed by atoms with Crippen molar-refractivity contribution in [2.45, 2.75) is 52.6 Å². The van der Waals surface area contributed by atoms with Gasteiger partial charge < -0.3 is 5.32 Å². The predicted octanol–water partition coefficient (Wildman–Crippen LogP) is 3.60. The number of fused-ring (bicyclic) bond motifs is 1. The molecule has 1 amide bonds. The molecule has 1 fully saturated rings. The number of aromatic nitrogens is 4. The minimum Gasteiger partial charge on any atom is -0.342 e. The van der Waals surface area contributed by atoms with Crippen LogP contribution in [0, 0.1) is 12.8 Å². The Hall–Kier alpha value is -2.76. The SMILES string of the molecule is CCc1ccc2nc(C)cc(C(=O)NC(c3ncnn3CC)C3CC3)c2c1. The fourth-order valence-corrected chi connectivity index (χ4v) is 3.61. The average Bonchev–Trinajstić information content (AvgIpc) is 3.41. The number of aryl methyl sites for hydroxylation is 3. The van der Waals surface area contributed by atoms with Gasteiger partial charge in [-0.15, -0.1) is 0 Å². The zero-order valence-corrected chi connectivity index (χ0v) is 16.1. The molecule has 4 rings (SSSR count). The molecule has 2 heterocycles. The fraction of sp³-hybridized carbons (Fsp3) is 0.429. The summed E-state index contributed by atoms with van der Waals surface area (Å²) in [6, 6.07) is 7.94. The number of pyridine rings is 1. The first kappa shape index (κ1) is 17.6. The lowest BCUT2D eigenvalue weighted by Crippen LogP contribution is -2.32. The van der Waals surface area contributed by atoms with E-state index in [2.05, 4.69) is 39.4 Å². The summed E-state index contributed by atoms with van der Waals surface area (Å²) in [7, 11) is 0. The summed E-state index contributed by atoms with van der Waals surface area (Å²) in [4.78, 5) is 22.3. The van der Waals surface area contributed by atoms with Crippen molar-refractivity contribution in [3.63, 3.8) is 0 Å². The maximum absolute atomic E-state index is 13.3. The van der Waals surface area contributed by atoms with Crippen molar-refractivity contribution in [2.24, 2.45) is 5.92 Å². The Morgan fingerprint density at radius 3 is 2.81 bits per heavy atom. The number of benzene rings is 1. The molecule has 1 saturated carbocycles. The molecule has 1 atom stereocenters. The van der Waals surface area contributed by atoms with Crippen LogP contribution in [0.5, 0.6) is 0 Å². The highest BCUT2D eigenvalue weighted by Crippen LogP contribution is 2.40. The van der Waals surface area contributed by atoms with E-state index >= 15 is 0 Å². The van der Waals surface area contributed by atoms with E-state index in [-0.39, 0.29) is 11.9 Å². The zero-order valence-electron chi connectivity index (χ0n) is 16.1.